The third-order valence-corrected chi connectivity index (χ3v) is 4.45. The highest BCUT2D eigenvalue weighted by molar-refractivity contribution is 5.79. The molecule has 3 heteroatoms. The predicted molar refractivity (Wildman–Crippen MR) is 79.0 cm³/mol. The van der Waals surface area contributed by atoms with Gasteiger partial charge in [-0.25, -0.2) is 0 Å². The van der Waals surface area contributed by atoms with Crippen molar-refractivity contribution in [1.82, 2.24) is 5.32 Å². The molecule has 0 heterocycles. The molecule has 0 aromatic rings. The molecule has 0 saturated heterocycles. The molecule has 1 N–H and O–H groups in total. The lowest BCUT2D eigenvalue weighted by molar-refractivity contribution is -0.147. The van der Waals surface area contributed by atoms with Gasteiger partial charge >= 0.3 is 5.97 Å². The van der Waals surface area contributed by atoms with E-state index >= 15 is 0 Å². The highest BCUT2D eigenvalue weighted by Crippen LogP contribution is 2.37. The summed E-state index contributed by atoms with van der Waals surface area (Å²) in [6.07, 6.45) is 6.12. The van der Waals surface area contributed by atoms with Crippen LogP contribution >= 0.6 is 0 Å². The molecule has 112 valence electrons. The van der Waals surface area contributed by atoms with E-state index in [0.717, 1.165) is 18.8 Å². The van der Waals surface area contributed by atoms with Crippen molar-refractivity contribution in [2.75, 3.05) is 7.11 Å². The molecule has 2 atom stereocenters. The quantitative estimate of drug-likeness (QED) is 0.629. The van der Waals surface area contributed by atoms with Gasteiger partial charge in [0.1, 0.15) is 5.54 Å². The van der Waals surface area contributed by atoms with E-state index in [0.29, 0.717) is 11.5 Å². The van der Waals surface area contributed by atoms with Gasteiger partial charge in [0.15, 0.2) is 0 Å². The van der Waals surface area contributed by atoms with Gasteiger partial charge in [-0.2, -0.15) is 0 Å². The van der Waals surface area contributed by atoms with E-state index < -0.39 is 5.54 Å². The Kier molecular flexibility index (Phi) is 5.43. The molecule has 1 aliphatic carbocycles. The fourth-order valence-electron chi connectivity index (χ4n) is 3.14. The van der Waals surface area contributed by atoms with Crippen molar-refractivity contribution < 1.29 is 9.53 Å². The molecule has 3 nitrogen and oxygen atoms in total. The predicted octanol–water partition coefficient (Wildman–Crippen LogP) is 3.52. The molecule has 0 spiro atoms. The lowest BCUT2D eigenvalue weighted by Crippen LogP contribution is -2.52. The number of esters is 1. The number of ether oxygens (including phenoxy) is 1. The second-order valence-electron chi connectivity index (χ2n) is 7.53. The Morgan fingerprint density at radius 3 is 2.21 bits per heavy atom. The number of carbonyl (C=O) groups is 1. The standard InChI is InChI=1S/C16H31NO2/c1-15(2,3)12-8-7-9-13(11-10-12)17-16(4,5)14(18)19-6/h12-13,17H,7-11H2,1-6H3. The van der Waals surface area contributed by atoms with Gasteiger partial charge in [-0.05, 0) is 50.9 Å². The molecule has 1 fully saturated rings. The molecule has 0 radical (unpaired) electrons. The van der Waals surface area contributed by atoms with E-state index in [4.69, 9.17) is 4.74 Å². The van der Waals surface area contributed by atoms with Crippen molar-refractivity contribution >= 4 is 5.97 Å². The van der Waals surface area contributed by atoms with Crippen molar-refractivity contribution in [1.29, 1.82) is 0 Å². The lowest BCUT2D eigenvalue weighted by atomic mass is 9.76. The van der Waals surface area contributed by atoms with Crippen molar-refractivity contribution in [2.24, 2.45) is 11.3 Å². The van der Waals surface area contributed by atoms with Gasteiger partial charge < -0.3 is 4.74 Å². The molecular weight excluding hydrogens is 238 g/mol. The SMILES string of the molecule is COC(=O)C(C)(C)NC1CCCC(C(C)(C)C)CC1. The second-order valence-corrected chi connectivity index (χ2v) is 7.53. The first kappa shape index (κ1) is 16.5. The Morgan fingerprint density at radius 1 is 1.05 bits per heavy atom. The molecular formula is C16H31NO2. The topological polar surface area (TPSA) is 38.3 Å². The Balaban J connectivity index is 2.56. The van der Waals surface area contributed by atoms with Gasteiger partial charge in [-0.15, -0.1) is 0 Å². The number of carbonyl (C=O) groups excluding carboxylic acids is 1. The van der Waals surface area contributed by atoms with Crippen LogP contribution in [0.3, 0.4) is 0 Å². The van der Waals surface area contributed by atoms with Crippen LogP contribution in [0.25, 0.3) is 0 Å². The molecule has 0 aliphatic heterocycles. The average molecular weight is 269 g/mol. The molecule has 0 amide bonds. The Bertz CT molecular complexity index is 304. The average Bonchev–Trinajstić information content (AvgIpc) is 2.52. The van der Waals surface area contributed by atoms with E-state index in [1.54, 1.807) is 0 Å². The van der Waals surface area contributed by atoms with Crippen molar-refractivity contribution in [3.63, 3.8) is 0 Å². The highest BCUT2D eigenvalue weighted by atomic mass is 16.5. The number of nitrogens with one attached hydrogen (secondary N) is 1. The monoisotopic (exact) mass is 269 g/mol. The van der Waals surface area contributed by atoms with Crippen molar-refractivity contribution in [3.8, 4) is 0 Å². The number of rotatable bonds is 3. The number of hydrogen-bond acceptors (Lipinski definition) is 3. The zero-order valence-electron chi connectivity index (χ0n) is 13.5. The Hall–Kier alpha value is -0.570. The zero-order chi connectivity index (χ0) is 14.7. The zero-order valence-corrected chi connectivity index (χ0v) is 13.5. The fraction of sp³-hybridized carbons (Fsp3) is 0.938. The van der Waals surface area contributed by atoms with Crippen molar-refractivity contribution in [2.45, 2.75) is 78.3 Å². The van der Waals surface area contributed by atoms with Crippen LogP contribution in [0, 0.1) is 11.3 Å². The van der Waals surface area contributed by atoms with E-state index in [1.165, 1.54) is 26.4 Å². The summed E-state index contributed by atoms with van der Waals surface area (Å²) >= 11 is 0. The third kappa shape index (κ3) is 4.79. The summed E-state index contributed by atoms with van der Waals surface area (Å²) in [5.74, 6) is 0.615. The maximum Gasteiger partial charge on any atom is 0.325 e. The summed E-state index contributed by atoms with van der Waals surface area (Å²) in [5.41, 5.74) is -0.187. The van der Waals surface area contributed by atoms with Crippen LogP contribution in [0.15, 0.2) is 0 Å². The largest absolute Gasteiger partial charge is 0.468 e. The van der Waals surface area contributed by atoms with Crippen LogP contribution in [0.1, 0.15) is 66.7 Å². The van der Waals surface area contributed by atoms with E-state index in [-0.39, 0.29) is 5.97 Å². The van der Waals surface area contributed by atoms with E-state index in [2.05, 4.69) is 26.1 Å². The summed E-state index contributed by atoms with van der Waals surface area (Å²) in [7, 11) is 1.45. The van der Waals surface area contributed by atoms with Gasteiger partial charge in [0.05, 0.1) is 7.11 Å². The minimum Gasteiger partial charge on any atom is -0.468 e. The van der Waals surface area contributed by atoms with Gasteiger partial charge in [0.2, 0.25) is 0 Å². The molecule has 0 bridgehead atoms. The van der Waals surface area contributed by atoms with Crippen LogP contribution < -0.4 is 5.32 Å². The molecule has 2 unspecified atom stereocenters. The van der Waals surface area contributed by atoms with Crippen LogP contribution in [-0.2, 0) is 9.53 Å². The maximum atomic E-state index is 11.7. The second kappa shape index (κ2) is 6.25. The van der Waals surface area contributed by atoms with Crippen LogP contribution in [0.4, 0.5) is 0 Å². The molecule has 1 aliphatic rings. The molecule has 0 aromatic carbocycles. The summed E-state index contributed by atoms with van der Waals surface area (Å²) < 4.78 is 4.86. The molecule has 19 heavy (non-hydrogen) atoms. The summed E-state index contributed by atoms with van der Waals surface area (Å²) in [6.45, 7) is 10.8. The third-order valence-electron chi connectivity index (χ3n) is 4.45. The fourth-order valence-corrected chi connectivity index (χ4v) is 3.14. The van der Waals surface area contributed by atoms with Crippen LogP contribution in [-0.4, -0.2) is 24.7 Å². The van der Waals surface area contributed by atoms with E-state index in [1.807, 2.05) is 13.8 Å². The van der Waals surface area contributed by atoms with Crippen LogP contribution in [0.2, 0.25) is 0 Å². The number of methoxy groups -OCH3 is 1. The van der Waals surface area contributed by atoms with Crippen LogP contribution in [0.5, 0.6) is 0 Å². The highest BCUT2D eigenvalue weighted by Gasteiger charge is 2.33. The minimum atomic E-state index is -0.582. The first-order valence-corrected chi connectivity index (χ1v) is 7.53. The Morgan fingerprint density at radius 2 is 1.68 bits per heavy atom. The molecule has 0 aromatic heterocycles. The normalized spacial score (nSPS) is 25.8. The minimum absolute atomic E-state index is 0.177. The summed E-state index contributed by atoms with van der Waals surface area (Å²) in [6, 6.07) is 0.432. The summed E-state index contributed by atoms with van der Waals surface area (Å²) in [5, 5.41) is 3.48. The van der Waals surface area contributed by atoms with Gasteiger partial charge in [-0.1, -0.05) is 27.2 Å². The van der Waals surface area contributed by atoms with Crippen molar-refractivity contribution in [3.05, 3.63) is 0 Å². The smallest absolute Gasteiger partial charge is 0.325 e. The lowest BCUT2D eigenvalue weighted by Gasteiger charge is -2.31. The van der Waals surface area contributed by atoms with Gasteiger partial charge in [0.25, 0.3) is 0 Å². The van der Waals surface area contributed by atoms with Gasteiger partial charge in [0, 0.05) is 6.04 Å². The number of hydrogen-bond donors (Lipinski definition) is 1. The first-order valence-electron chi connectivity index (χ1n) is 7.53. The van der Waals surface area contributed by atoms with E-state index in [9.17, 15) is 4.79 Å². The molecule has 1 rings (SSSR count). The Labute approximate surface area is 118 Å². The molecule has 1 saturated carbocycles. The summed E-state index contributed by atoms with van der Waals surface area (Å²) in [4.78, 5) is 11.7. The van der Waals surface area contributed by atoms with Gasteiger partial charge in [-0.3, -0.25) is 10.1 Å². The first-order chi connectivity index (χ1) is 8.66. The maximum absolute atomic E-state index is 11.7.